The fourth-order valence-electron chi connectivity index (χ4n) is 1.67. The summed E-state index contributed by atoms with van der Waals surface area (Å²) in [5.41, 5.74) is 6.33. The number of nitrogens with one attached hydrogen (secondary N) is 1. The molecule has 0 fully saturated rings. The number of rotatable bonds is 3. The average molecular weight is 280 g/mol. The molecule has 0 heterocycles. The van der Waals surface area contributed by atoms with Crippen LogP contribution in [0.1, 0.15) is 15.9 Å². The number of hydrogen-bond donors (Lipinski definition) is 2. The maximum absolute atomic E-state index is 13.0. The first-order valence-electron chi connectivity index (χ1n) is 5.76. The lowest BCUT2D eigenvalue weighted by Gasteiger charge is -2.07. The van der Waals surface area contributed by atoms with Gasteiger partial charge in [0.1, 0.15) is 0 Å². The summed E-state index contributed by atoms with van der Waals surface area (Å²) in [5.74, 6) is -4.87. The van der Waals surface area contributed by atoms with Crippen molar-refractivity contribution in [3.63, 3.8) is 0 Å². The Morgan fingerprint density at radius 1 is 1.10 bits per heavy atom. The molecule has 0 aromatic heterocycles. The quantitative estimate of drug-likeness (QED) is 0.849. The normalized spacial score (nSPS) is 10.4. The Bertz CT molecular complexity index is 636. The Balaban J connectivity index is 2.23. The van der Waals surface area contributed by atoms with Crippen LogP contribution < -0.4 is 11.1 Å². The molecule has 0 aliphatic carbocycles. The molecule has 0 saturated carbocycles. The van der Waals surface area contributed by atoms with Crippen molar-refractivity contribution in [1.29, 1.82) is 0 Å². The van der Waals surface area contributed by atoms with Crippen molar-refractivity contribution in [2.75, 3.05) is 5.32 Å². The minimum atomic E-state index is -1.58. The highest BCUT2D eigenvalue weighted by molar-refractivity contribution is 6.04. The number of anilines is 1. The van der Waals surface area contributed by atoms with Gasteiger partial charge in [0.15, 0.2) is 17.5 Å². The number of amides is 1. The third kappa shape index (κ3) is 2.97. The number of hydrogen-bond acceptors (Lipinski definition) is 2. The fraction of sp³-hybridized carbons (Fsp3) is 0.0714. The summed E-state index contributed by atoms with van der Waals surface area (Å²) in [6.07, 6.45) is 0. The van der Waals surface area contributed by atoms with Gasteiger partial charge in [0.25, 0.3) is 5.91 Å². The molecule has 2 aromatic rings. The van der Waals surface area contributed by atoms with Crippen molar-refractivity contribution >= 4 is 11.6 Å². The zero-order valence-corrected chi connectivity index (χ0v) is 10.3. The van der Waals surface area contributed by atoms with Gasteiger partial charge in [-0.3, -0.25) is 4.79 Å². The zero-order chi connectivity index (χ0) is 14.7. The van der Waals surface area contributed by atoms with E-state index in [1.807, 2.05) is 0 Å². The van der Waals surface area contributed by atoms with Crippen LogP contribution in [0.25, 0.3) is 0 Å². The highest BCUT2D eigenvalue weighted by atomic mass is 19.2. The summed E-state index contributed by atoms with van der Waals surface area (Å²) in [5, 5.41) is 2.29. The predicted molar refractivity (Wildman–Crippen MR) is 68.6 cm³/mol. The first-order valence-corrected chi connectivity index (χ1v) is 5.76. The summed E-state index contributed by atoms with van der Waals surface area (Å²) in [7, 11) is 0. The standard InChI is InChI=1S/C14H11F3N2O/c15-11-5-10(6-12(16)13(11)17)19-14(20)9-3-1-2-8(4-9)7-18/h1-6H,7,18H2,(H,19,20). The first kappa shape index (κ1) is 14.1. The zero-order valence-electron chi connectivity index (χ0n) is 10.3. The van der Waals surface area contributed by atoms with Gasteiger partial charge in [-0.25, -0.2) is 13.2 Å². The lowest BCUT2D eigenvalue weighted by Crippen LogP contribution is -2.13. The Morgan fingerprint density at radius 3 is 2.35 bits per heavy atom. The molecule has 104 valence electrons. The summed E-state index contributed by atoms with van der Waals surface area (Å²) in [6.45, 7) is 0.265. The molecule has 2 aromatic carbocycles. The highest BCUT2D eigenvalue weighted by Crippen LogP contribution is 2.18. The van der Waals surface area contributed by atoms with Gasteiger partial charge in [-0.1, -0.05) is 12.1 Å². The summed E-state index contributed by atoms with van der Waals surface area (Å²) >= 11 is 0. The molecule has 0 aliphatic rings. The predicted octanol–water partition coefficient (Wildman–Crippen LogP) is 2.81. The van der Waals surface area contributed by atoms with Crippen LogP contribution in [0.2, 0.25) is 0 Å². The third-order valence-corrected chi connectivity index (χ3v) is 2.67. The molecule has 0 saturated heterocycles. The van der Waals surface area contributed by atoms with Crippen molar-refractivity contribution < 1.29 is 18.0 Å². The van der Waals surface area contributed by atoms with E-state index in [0.717, 1.165) is 5.56 Å². The highest BCUT2D eigenvalue weighted by Gasteiger charge is 2.13. The smallest absolute Gasteiger partial charge is 0.255 e. The van der Waals surface area contributed by atoms with Crippen LogP contribution in [0.4, 0.5) is 18.9 Å². The van der Waals surface area contributed by atoms with Gasteiger partial charge < -0.3 is 11.1 Å². The molecule has 0 spiro atoms. The van der Waals surface area contributed by atoms with E-state index >= 15 is 0 Å². The molecule has 0 radical (unpaired) electrons. The van der Waals surface area contributed by atoms with E-state index in [1.165, 1.54) is 6.07 Å². The van der Waals surface area contributed by atoms with Crippen molar-refractivity contribution in [2.45, 2.75) is 6.54 Å². The van der Waals surface area contributed by atoms with Gasteiger partial charge in [0.05, 0.1) is 0 Å². The molecule has 0 unspecified atom stereocenters. The molecule has 2 rings (SSSR count). The molecule has 6 heteroatoms. The van der Waals surface area contributed by atoms with Crippen molar-refractivity contribution in [2.24, 2.45) is 5.73 Å². The van der Waals surface area contributed by atoms with E-state index in [4.69, 9.17) is 5.73 Å². The van der Waals surface area contributed by atoms with Crippen LogP contribution in [0.5, 0.6) is 0 Å². The van der Waals surface area contributed by atoms with E-state index in [9.17, 15) is 18.0 Å². The van der Waals surface area contributed by atoms with Crippen LogP contribution in [0.15, 0.2) is 36.4 Å². The summed E-state index contributed by atoms with van der Waals surface area (Å²) in [4.78, 5) is 11.9. The topological polar surface area (TPSA) is 55.1 Å². The number of carbonyl (C=O) groups excluding carboxylic acids is 1. The van der Waals surface area contributed by atoms with Crippen LogP contribution in [-0.2, 0) is 6.54 Å². The summed E-state index contributed by atoms with van der Waals surface area (Å²) < 4.78 is 38.9. The first-order chi connectivity index (χ1) is 9.51. The number of benzene rings is 2. The molecule has 0 aliphatic heterocycles. The largest absolute Gasteiger partial charge is 0.326 e. The Kier molecular flexibility index (Phi) is 4.05. The maximum Gasteiger partial charge on any atom is 0.255 e. The van der Waals surface area contributed by atoms with Gasteiger partial charge >= 0.3 is 0 Å². The summed E-state index contributed by atoms with van der Waals surface area (Å²) in [6, 6.07) is 7.90. The van der Waals surface area contributed by atoms with Crippen molar-refractivity contribution in [3.8, 4) is 0 Å². The molecular formula is C14H11F3N2O. The maximum atomic E-state index is 13.0. The van der Waals surface area contributed by atoms with Gasteiger partial charge in [-0.05, 0) is 17.7 Å². The molecule has 3 nitrogen and oxygen atoms in total. The number of halogens is 3. The lowest BCUT2D eigenvalue weighted by molar-refractivity contribution is 0.102. The second-order valence-corrected chi connectivity index (χ2v) is 4.11. The van der Waals surface area contributed by atoms with Crippen molar-refractivity contribution in [1.82, 2.24) is 0 Å². The lowest BCUT2D eigenvalue weighted by atomic mass is 10.1. The molecule has 1 amide bonds. The second kappa shape index (κ2) is 5.75. The Hall–Kier alpha value is -2.34. The molecule has 20 heavy (non-hydrogen) atoms. The van der Waals surface area contributed by atoms with Crippen LogP contribution >= 0.6 is 0 Å². The van der Waals surface area contributed by atoms with Gasteiger partial charge in [-0.2, -0.15) is 0 Å². The van der Waals surface area contributed by atoms with Crippen LogP contribution in [0, 0.1) is 17.5 Å². The van der Waals surface area contributed by atoms with Crippen LogP contribution in [-0.4, -0.2) is 5.91 Å². The van der Waals surface area contributed by atoms with E-state index in [2.05, 4.69) is 5.32 Å². The monoisotopic (exact) mass is 280 g/mol. The van der Waals surface area contributed by atoms with Gasteiger partial charge in [0.2, 0.25) is 0 Å². The van der Waals surface area contributed by atoms with Gasteiger partial charge in [0, 0.05) is 29.9 Å². The Labute approximate surface area is 113 Å². The van der Waals surface area contributed by atoms with E-state index in [-0.39, 0.29) is 17.8 Å². The second-order valence-electron chi connectivity index (χ2n) is 4.11. The SMILES string of the molecule is NCc1cccc(C(=O)Nc2cc(F)c(F)c(F)c2)c1. The molecule has 0 atom stereocenters. The minimum absolute atomic E-state index is 0.162. The Morgan fingerprint density at radius 2 is 1.75 bits per heavy atom. The van der Waals surface area contributed by atoms with Gasteiger partial charge in [-0.15, -0.1) is 0 Å². The van der Waals surface area contributed by atoms with E-state index in [0.29, 0.717) is 12.1 Å². The molecular weight excluding hydrogens is 269 g/mol. The minimum Gasteiger partial charge on any atom is -0.326 e. The fourth-order valence-corrected chi connectivity index (χ4v) is 1.67. The van der Waals surface area contributed by atoms with Crippen LogP contribution in [0.3, 0.4) is 0 Å². The molecule has 3 N–H and O–H groups in total. The van der Waals surface area contributed by atoms with E-state index in [1.54, 1.807) is 18.2 Å². The number of nitrogens with two attached hydrogens (primary N) is 1. The van der Waals surface area contributed by atoms with E-state index < -0.39 is 23.4 Å². The van der Waals surface area contributed by atoms with Crippen molar-refractivity contribution in [3.05, 3.63) is 65.0 Å². The number of carbonyl (C=O) groups is 1. The molecule has 0 bridgehead atoms. The average Bonchev–Trinajstić information content (AvgIpc) is 2.44. The third-order valence-electron chi connectivity index (χ3n) is 2.67.